The summed E-state index contributed by atoms with van der Waals surface area (Å²) in [6, 6.07) is 0. The van der Waals surface area contributed by atoms with E-state index in [0.29, 0.717) is 12.1 Å². The third-order valence-corrected chi connectivity index (χ3v) is 2.17. The minimum atomic E-state index is -0.446. The molecule has 1 aromatic rings. The zero-order chi connectivity index (χ0) is 10.8. The molecule has 0 saturated heterocycles. The normalized spacial score (nSPS) is 14.0. The molecule has 1 atom stereocenters. The van der Waals surface area contributed by atoms with Crippen LogP contribution < -0.4 is 0 Å². The van der Waals surface area contributed by atoms with Gasteiger partial charge in [0.05, 0.1) is 10.3 Å². The number of hydrogen-bond donors (Lipinski definition) is 3. The fourth-order valence-corrected chi connectivity index (χ4v) is 1.79. The molecule has 4 nitrogen and oxygen atoms in total. The Morgan fingerprint density at radius 1 is 1.71 bits per heavy atom. The summed E-state index contributed by atoms with van der Waals surface area (Å²) < 4.78 is -0.446. The number of hydrogen-bond acceptors (Lipinski definition) is 5. The van der Waals surface area contributed by atoms with Gasteiger partial charge < -0.3 is 0 Å². The molecule has 0 spiro atoms. The number of aromatic amines is 1. The maximum Gasteiger partial charge on any atom is 0.187 e. The lowest BCUT2D eigenvalue weighted by molar-refractivity contribution is 0.0918. The fourth-order valence-electron chi connectivity index (χ4n) is 1.25. The van der Waals surface area contributed by atoms with Gasteiger partial charge in [0.15, 0.2) is 5.78 Å². The number of carbonyl (C=O) groups is 1. The summed E-state index contributed by atoms with van der Waals surface area (Å²) in [5.41, 5.74) is 0.364. The molecule has 0 aliphatic rings. The fraction of sp³-hybridized carbons (Fsp3) is 0.625. The van der Waals surface area contributed by atoms with E-state index < -0.39 is 4.08 Å². The minimum Gasteiger partial charge on any atom is -0.292 e. The first-order valence-corrected chi connectivity index (χ1v) is 5.14. The zero-order valence-corrected chi connectivity index (χ0v) is 9.85. The van der Waals surface area contributed by atoms with E-state index in [4.69, 9.17) is 0 Å². The number of carbonyl (C=O) groups excluding carboxylic acids is 1. The Hall–Kier alpha value is -0.490. The highest BCUT2D eigenvalue weighted by atomic mass is 32.2. The topological polar surface area (TPSA) is 58.6 Å². The lowest BCUT2D eigenvalue weighted by Crippen LogP contribution is -2.20. The molecule has 1 heterocycles. The summed E-state index contributed by atoms with van der Waals surface area (Å²) in [7, 11) is 0. The predicted octanol–water partition coefficient (Wildman–Crippen LogP) is 1.59. The monoisotopic (exact) mass is 231 g/mol. The van der Waals surface area contributed by atoms with Gasteiger partial charge in [0.25, 0.3) is 0 Å². The molecule has 6 heteroatoms. The van der Waals surface area contributed by atoms with Crippen LogP contribution in [-0.2, 0) is 0 Å². The van der Waals surface area contributed by atoms with Crippen LogP contribution in [0, 0.1) is 5.92 Å². The van der Waals surface area contributed by atoms with Crippen LogP contribution in [0.4, 0.5) is 0 Å². The third kappa shape index (κ3) is 3.34. The summed E-state index contributed by atoms with van der Waals surface area (Å²) in [5.74, 6) is -0.187. The Morgan fingerprint density at radius 3 is 2.79 bits per heavy atom. The first-order chi connectivity index (χ1) is 6.40. The Bertz CT molecular complexity index is 305. The summed E-state index contributed by atoms with van der Waals surface area (Å²) in [6.07, 6.45) is 2.01. The number of nitrogens with one attached hydrogen (secondary N) is 1. The largest absolute Gasteiger partial charge is 0.292 e. The zero-order valence-electron chi connectivity index (χ0n) is 8.06. The third-order valence-electron chi connectivity index (χ3n) is 1.81. The highest BCUT2D eigenvalue weighted by Gasteiger charge is 2.24. The van der Waals surface area contributed by atoms with Crippen LogP contribution in [0.5, 0.6) is 0 Å². The lowest BCUT2D eigenvalue weighted by atomic mass is 9.99. The molecule has 14 heavy (non-hydrogen) atoms. The van der Waals surface area contributed by atoms with Gasteiger partial charge in [0, 0.05) is 5.92 Å². The van der Waals surface area contributed by atoms with E-state index in [1.165, 1.54) is 6.20 Å². The summed E-state index contributed by atoms with van der Waals surface area (Å²) in [4.78, 5) is 11.7. The van der Waals surface area contributed by atoms with E-state index >= 15 is 0 Å². The quantitative estimate of drug-likeness (QED) is 0.419. The first kappa shape index (κ1) is 11.6. The molecule has 1 rings (SSSR count). The number of H-pyrrole nitrogens is 1. The van der Waals surface area contributed by atoms with Crippen LogP contribution in [0.1, 0.15) is 30.8 Å². The number of aromatic nitrogens is 3. The van der Waals surface area contributed by atoms with Gasteiger partial charge in [-0.3, -0.25) is 4.79 Å². The van der Waals surface area contributed by atoms with Gasteiger partial charge >= 0.3 is 0 Å². The maximum absolute atomic E-state index is 11.7. The van der Waals surface area contributed by atoms with E-state index in [2.05, 4.69) is 40.7 Å². The molecule has 1 N–H and O–H groups in total. The van der Waals surface area contributed by atoms with Crippen LogP contribution in [0.25, 0.3) is 0 Å². The summed E-state index contributed by atoms with van der Waals surface area (Å²) in [5, 5.41) is 9.73. The van der Waals surface area contributed by atoms with Crippen molar-refractivity contribution >= 4 is 31.0 Å². The summed E-state index contributed by atoms with van der Waals surface area (Å²) >= 11 is 8.51. The molecule has 1 unspecified atom stereocenters. The average molecular weight is 231 g/mol. The van der Waals surface area contributed by atoms with Crippen molar-refractivity contribution in [3.63, 3.8) is 0 Å². The predicted molar refractivity (Wildman–Crippen MR) is 60.9 cm³/mol. The molecular formula is C8H13N3OS2. The van der Waals surface area contributed by atoms with E-state index in [1.807, 2.05) is 13.8 Å². The highest BCUT2D eigenvalue weighted by molar-refractivity contribution is 8.00. The van der Waals surface area contributed by atoms with Crippen LogP contribution in [0.3, 0.4) is 0 Å². The Kier molecular flexibility index (Phi) is 3.60. The van der Waals surface area contributed by atoms with Gasteiger partial charge in [-0.25, -0.2) is 0 Å². The van der Waals surface area contributed by atoms with Crippen LogP contribution >= 0.6 is 25.3 Å². The molecule has 0 aliphatic carbocycles. The van der Waals surface area contributed by atoms with Gasteiger partial charge in [0.1, 0.15) is 5.69 Å². The van der Waals surface area contributed by atoms with E-state index in [0.717, 1.165) is 0 Å². The van der Waals surface area contributed by atoms with Crippen molar-refractivity contribution < 1.29 is 4.79 Å². The van der Waals surface area contributed by atoms with E-state index in [9.17, 15) is 4.79 Å². The second-order valence-electron chi connectivity index (χ2n) is 3.54. The molecule has 0 bridgehead atoms. The summed E-state index contributed by atoms with van der Waals surface area (Å²) in [6.45, 7) is 3.69. The Balaban J connectivity index is 2.63. The second kappa shape index (κ2) is 4.35. The Morgan fingerprint density at radius 2 is 2.36 bits per heavy atom. The van der Waals surface area contributed by atoms with Crippen molar-refractivity contribution in [1.29, 1.82) is 0 Å². The molecule has 1 aromatic heterocycles. The molecule has 0 aromatic carbocycles. The molecule has 0 radical (unpaired) electrons. The molecule has 0 saturated carbocycles. The van der Waals surface area contributed by atoms with Gasteiger partial charge in [-0.2, -0.15) is 40.7 Å². The number of thiol groups is 2. The molecule has 0 aliphatic heterocycles. The average Bonchev–Trinajstić information content (AvgIpc) is 2.51. The molecule has 0 fully saturated rings. The SMILES string of the molecule is CC(CC(C)(S)S)C(=O)c1cn[nH]n1. The van der Waals surface area contributed by atoms with E-state index in [-0.39, 0.29) is 11.7 Å². The van der Waals surface area contributed by atoms with Crippen molar-refractivity contribution in [2.45, 2.75) is 24.3 Å². The molecule has 78 valence electrons. The lowest BCUT2D eigenvalue weighted by Gasteiger charge is -2.19. The number of ketones is 1. The van der Waals surface area contributed by atoms with Crippen molar-refractivity contribution in [2.24, 2.45) is 5.92 Å². The smallest absolute Gasteiger partial charge is 0.187 e. The van der Waals surface area contributed by atoms with Crippen molar-refractivity contribution in [1.82, 2.24) is 15.4 Å². The van der Waals surface area contributed by atoms with E-state index in [1.54, 1.807) is 0 Å². The molecule has 0 amide bonds. The van der Waals surface area contributed by atoms with Gasteiger partial charge in [-0.05, 0) is 13.3 Å². The Labute approximate surface area is 93.7 Å². The number of Topliss-reactive ketones (excluding diaryl/α,β-unsaturated/α-hetero) is 1. The van der Waals surface area contributed by atoms with Crippen LogP contribution in [0.15, 0.2) is 6.20 Å². The highest BCUT2D eigenvalue weighted by Crippen LogP contribution is 2.28. The molecular weight excluding hydrogens is 218 g/mol. The second-order valence-corrected chi connectivity index (χ2v) is 5.87. The standard InChI is InChI=1S/C8H13N3OS2/c1-5(3-8(2,13)14)7(12)6-4-9-11-10-6/h4-5,13-14H,3H2,1-2H3,(H,9,10,11). The minimum absolute atomic E-state index is 0.0342. The van der Waals surface area contributed by atoms with Gasteiger partial charge in [-0.1, -0.05) is 6.92 Å². The number of rotatable bonds is 4. The first-order valence-electron chi connectivity index (χ1n) is 4.25. The van der Waals surface area contributed by atoms with Crippen molar-refractivity contribution in [3.05, 3.63) is 11.9 Å². The van der Waals surface area contributed by atoms with Crippen molar-refractivity contribution in [3.8, 4) is 0 Å². The van der Waals surface area contributed by atoms with Gasteiger partial charge in [0.2, 0.25) is 0 Å². The maximum atomic E-state index is 11.7. The van der Waals surface area contributed by atoms with Crippen molar-refractivity contribution in [2.75, 3.05) is 0 Å². The number of nitrogens with zero attached hydrogens (tertiary/aromatic N) is 2. The van der Waals surface area contributed by atoms with Crippen LogP contribution in [0.2, 0.25) is 0 Å². The van der Waals surface area contributed by atoms with Gasteiger partial charge in [-0.15, -0.1) is 0 Å². The van der Waals surface area contributed by atoms with Crippen LogP contribution in [-0.4, -0.2) is 25.3 Å².